The molecule has 0 aliphatic carbocycles. The van der Waals surface area contributed by atoms with Gasteiger partial charge in [0.2, 0.25) is 0 Å². The number of imide groups is 1. The molecule has 1 aromatic carbocycles. The van der Waals surface area contributed by atoms with Crippen LogP contribution in [0.1, 0.15) is 26.5 Å². The third-order valence-corrected chi connectivity index (χ3v) is 5.37. The maximum Gasteiger partial charge on any atom is 0.271 e. The lowest BCUT2D eigenvalue weighted by Gasteiger charge is -2.28. The SMILES string of the molecule is CC1=C(C#N)C(=O)N(CC(C)C)C(=O)/C1=C/c1ccc(-c2ccc([N+](=O)[O-])cc2Br)o1. The zero-order valence-electron chi connectivity index (χ0n) is 17.0. The van der Waals surface area contributed by atoms with Crippen molar-refractivity contribution < 1.29 is 18.9 Å². The summed E-state index contributed by atoms with van der Waals surface area (Å²) in [5.74, 6) is -0.245. The highest BCUT2D eigenvalue weighted by atomic mass is 79.9. The van der Waals surface area contributed by atoms with Crippen LogP contribution in [0.2, 0.25) is 0 Å². The molecular weight excluding hydrogens is 466 g/mol. The van der Waals surface area contributed by atoms with Gasteiger partial charge in [0.25, 0.3) is 17.5 Å². The van der Waals surface area contributed by atoms with Crippen molar-refractivity contribution >= 4 is 39.5 Å². The normalized spacial score (nSPS) is 15.7. The number of nitro groups is 1. The van der Waals surface area contributed by atoms with Gasteiger partial charge in [0, 0.05) is 34.3 Å². The van der Waals surface area contributed by atoms with Gasteiger partial charge in [-0.25, -0.2) is 0 Å². The van der Waals surface area contributed by atoms with Crippen molar-refractivity contribution in [3.8, 4) is 17.4 Å². The van der Waals surface area contributed by atoms with Crippen molar-refractivity contribution in [3.05, 3.63) is 67.4 Å². The molecule has 2 heterocycles. The molecule has 0 atom stereocenters. The third-order valence-electron chi connectivity index (χ3n) is 4.72. The van der Waals surface area contributed by atoms with Crippen molar-refractivity contribution in [1.29, 1.82) is 5.26 Å². The van der Waals surface area contributed by atoms with E-state index >= 15 is 0 Å². The van der Waals surface area contributed by atoms with Crippen molar-refractivity contribution in [2.75, 3.05) is 6.54 Å². The molecular formula is C22H18BrN3O5. The number of hydrogen-bond acceptors (Lipinski definition) is 6. The number of amides is 2. The van der Waals surface area contributed by atoms with Crippen LogP contribution in [0.25, 0.3) is 17.4 Å². The Hall–Kier alpha value is -3.51. The average molecular weight is 484 g/mol. The van der Waals surface area contributed by atoms with Crippen LogP contribution < -0.4 is 0 Å². The maximum atomic E-state index is 13.0. The Morgan fingerprint density at radius 1 is 1.26 bits per heavy atom. The zero-order valence-corrected chi connectivity index (χ0v) is 18.6. The van der Waals surface area contributed by atoms with E-state index in [4.69, 9.17) is 4.42 Å². The van der Waals surface area contributed by atoms with Gasteiger partial charge < -0.3 is 4.42 Å². The molecule has 0 unspecified atom stereocenters. The van der Waals surface area contributed by atoms with Crippen molar-refractivity contribution in [2.45, 2.75) is 20.8 Å². The summed E-state index contributed by atoms with van der Waals surface area (Å²) in [7, 11) is 0. The van der Waals surface area contributed by atoms with Crippen LogP contribution in [0.15, 0.2) is 55.9 Å². The van der Waals surface area contributed by atoms with Gasteiger partial charge in [-0.3, -0.25) is 24.6 Å². The molecule has 3 rings (SSSR count). The molecule has 9 heteroatoms. The first-order chi connectivity index (χ1) is 14.6. The summed E-state index contributed by atoms with van der Waals surface area (Å²) in [5.41, 5.74) is 0.979. The number of halogens is 1. The summed E-state index contributed by atoms with van der Waals surface area (Å²) in [5, 5.41) is 20.4. The second-order valence-electron chi connectivity index (χ2n) is 7.41. The van der Waals surface area contributed by atoms with E-state index < -0.39 is 16.7 Å². The van der Waals surface area contributed by atoms with E-state index in [1.165, 1.54) is 18.2 Å². The van der Waals surface area contributed by atoms with Crippen molar-refractivity contribution in [1.82, 2.24) is 4.90 Å². The van der Waals surface area contributed by atoms with E-state index in [1.54, 1.807) is 25.1 Å². The third kappa shape index (κ3) is 4.34. The maximum absolute atomic E-state index is 13.0. The standard InChI is InChI=1S/C22H18BrN3O5/c1-12(2)11-25-21(27)17(13(3)18(10-24)22(25)28)9-15-5-7-20(31-15)16-6-4-14(26(29)30)8-19(16)23/h4-9,12H,11H2,1-3H3/b17-9+. The van der Waals surface area contributed by atoms with Crippen LogP contribution in [-0.4, -0.2) is 28.2 Å². The molecule has 2 aromatic rings. The Morgan fingerprint density at radius 3 is 2.55 bits per heavy atom. The Labute approximate surface area is 186 Å². The average Bonchev–Trinajstić information content (AvgIpc) is 3.17. The minimum Gasteiger partial charge on any atom is -0.457 e. The van der Waals surface area contributed by atoms with E-state index in [1.807, 2.05) is 19.9 Å². The molecule has 0 saturated heterocycles. The van der Waals surface area contributed by atoms with Crippen LogP contribution in [0.4, 0.5) is 5.69 Å². The Morgan fingerprint density at radius 2 is 1.97 bits per heavy atom. The summed E-state index contributed by atoms with van der Waals surface area (Å²) < 4.78 is 6.31. The summed E-state index contributed by atoms with van der Waals surface area (Å²) in [6, 6.07) is 9.52. The number of rotatable bonds is 5. The van der Waals surface area contributed by atoms with Gasteiger partial charge in [0.15, 0.2) is 0 Å². The Balaban J connectivity index is 2.02. The number of nitriles is 1. The molecule has 0 fully saturated rings. The first-order valence-corrected chi connectivity index (χ1v) is 10.2. The van der Waals surface area contributed by atoms with Gasteiger partial charge in [-0.05, 0) is 58.6 Å². The second kappa shape index (κ2) is 8.70. The highest BCUT2D eigenvalue weighted by molar-refractivity contribution is 9.10. The predicted octanol–water partition coefficient (Wildman–Crippen LogP) is 4.87. The Bertz CT molecular complexity index is 1200. The number of carbonyl (C=O) groups is 2. The number of nitrogens with zero attached hydrogens (tertiary/aromatic N) is 3. The molecule has 1 aliphatic heterocycles. The minimum absolute atomic E-state index is 0.0437. The molecule has 0 radical (unpaired) electrons. The first-order valence-electron chi connectivity index (χ1n) is 9.37. The highest BCUT2D eigenvalue weighted by Gasteiger charge is 2.35. The lowest BCUT2D eigenvalue weighted by atomic mass is 9.94. The van der Waals surface area contributed by atoms with Crippen LogP contribution in [-0.2, 0) is 9.59 Å². The molecule has 158 valence electrons. The van der Waals surface area contributed by atoms with Crippen molar-refractivity contribution in [3.63, 3.8) is 0 Å². The fourth-order valence-electron chi connectivity index (χ4n) is 3.20. The van der Waals surface area contributed by atoms with Crippen molar-refractivity contribution in [2.24, 2.45) is 5.92 Å². The highest BCUT2D eigenvalue weighted by Crippen LogP contribution is 2.34. The quantitative estimate of drug-likeness (QED) is 0.259. The summed E-state index contributed by atoms with van der Waals surface area (Å²) in [6.07, 6.45) is 1.50. The first kappa shape index (κ1) is 22.2. The molecule has 0 spiro atoms. The van der Waals surface area contributed by atoms with E-state index in [0.717, 1.165) is 4.90 Å². The minimum atomic E-state index is -0.592. The Kier molecular flexibility index (Phi) is 6.22. The van der Waals surface area contributed by atoms with Gasteiger partial charge in [-0.15, -0.1) is 0 Å². The number of non-ortho nitro benzene ring substituents is 1. The number of carbonyl (C=O) groups excluding carboxylic acids is 2. The predicted molar refractivity (Wildman–Crippen MR) is 116 cm³/mol. The molecule has 0 N–H and O–H groups in total. The number of hydrogen-bond donors (Lipinski definition) is 0. The van der Waals surface area contributed by atoms with E-state index in [-0.39, 0.29) is 29.3 Å². The summed E-state index contributed by atoms with van der Waals surface area (Å²) in [4.78, 5) is 37.0. The number of benzene rings is 1. The molecule has 0 bridgehead atoms. The van der Waals surface area contributed by atoms with Gasteiger partial charge in [-0.1, -0.05) is 13.8 Å². The van der Waals surface area contributed by atoms with Gasteiger partial charge >= 0.3 is 0 Å². The molecule has 2 amide bonds. The lowest BCUT2D eigenvalue weighted by Crippen LogP contribution is -2.44. The van der Waals surface area contributed by atoms with Gasteiger partial charge in [0.1, 0.15) is 23.2 Å². The fourth-order valence-corrected chi connectivity index (χ4v) is 3.76. The molecule has 1 aliphatic rings. The monoisotopic (exact) mass is 483 g/mol. The lowest BCUT2D eigenvalue weighted by molar-refractivity contribution is -0.384. The molecule has 8 nitrogen and oxygen atoms in total. The smallest absolute Gasteiger partial charge is 0.271 e. The van der Waals surface area contributed by atoms with Crippen LogP contribution in [0, 0.1) is 27.4 Å². The summed E-state index contributed by atoms with van der Waals surface area (Å²) >= 11 is 3.31. The largest absolute Gasteiger partial charge is 0.457 e. The second-order valence-corrected chi connectivity index (χ2v) is 8.26. The topological polar surface area (TPSA) is 117 Å². The number of nitro benzene ring substituents is 1. The van der Waals surface area contributed by atoms with Gasteiger partial charge in [-0.2, -0.15) is 5.26 Å². The zero-order chi connectivity index (χ0) is 22.9. The van der Waals surface area contributed by atoms with Gasteiger partial charge in [0.05, 0.1) is 4.92 Å². The summed E-state index contributed by atoms with van der Waals surface area (Å²) in [6.45, 7) is 5.51. The van der Waals surface area contributed by atoms with E-state index in [9.17, 15) is 25.0 Å². The van der Waals surface area contributed by atoms with E-state index in [2.05, 4.69) is 15.9 Å². The van der Waals surface area contributed by atoms with Crippen LogP contribution in [0.5, 0.6) is 0 Å². The fraction of sp³-hybridized carbons (Fsp3) is 0.227. The van der Waals surface area contributed by atoms with Crippen LogP contribution in [0.3, 0.4) is 0 Å². The molecule has 31 heavy (non-hydrogen) atoms. The van der Waals surface area contributed by atoms with Crippen LogP contribution >= 0.6 is 15.9 Å². The number of furan rings is 1. The molecule has 0 saturated carbocycles. The van der Waals surface area contributed by atoms with E-state index in [0.29, 0.717) is 27.1 Å². The molecule has 1 aromatic heterocycles.